The number of rotatable bonds is 1. The SMILES string of the molecule is CON=C1CCCCC1Br. The van der Waals surface area contributed by atoms with Gasteiger partial charge >= 0.3 is 0 Å². The van der Waals surface area contributed by atoms with Gasteiger partial charge in [-0.2, -0.15) is 0 Å². The predicted octanol–water partition coefficient (Wildman–Crippen LogP) is 2.33. The van der Waals surface area contributed by atoms with Crippen molar-refractivity contribution in [2.45, 2.75) is 30.5 Å². The summed E-state index contributed by atoms with van der Waals surface area (Å²) in [7, 11) is 1.60. The van der Waals surface area contributed by atoms with Gasteiger partial charge in [0.15, 0.2) is 0 Å². The third-order valence-electron chi connectivity index (χ3n) is 1.71. The lowest BCUT2D eigenvalue weighted by Gasteiger charge is -2.17. The van der Waals surface area contributed by atoms with Gasteiger partial charge in [0.25, 0.3) is 0 Å². The summed E-state index contributed by atoms with van der Waals surface area (Å²) in [6.07, 6.45) is 4.84. The van der Waals surface area contributed by atoms with Gasteiger partial charge in [0.1, 0.15) is 7.11 Å². The van der Waals surface area contributed by atoms with Gasteiger partial charge in [0.2, 0.25) is 0 Å². The first kappa shape index (κ1) is 8.05. The fraction of sp³-hybridized carbons (Fsp3) is 0.857. The molecule has 1 unspecified atom stereocenters. The van der Waals surface area contributed by atoms with Crippen LogP contribution in [-0.2, 0) is 4.84 Å². The zero-order valence-electron chi connectivity index (χ0n) is 6.14. The third-order valence-corrected chi connectivity index (χ3v) is 2.70. The Kier molecular flexibility index (Phi) is 3.19. The molecule has 1 rings (SSSR count). The molecule has 0 aliphatic heterocycles. The van der Waals surface area contributed by atoms with Crippen LogP contribution in [0.25, 0.3) is 0 Å². The molecule has 0 saturated heterocycles. The van der Waals surface area contributed by atoms with Gasteiger partial charge in [-0.25, -0.2) is 0 Å². The standard InChI is InChI=1S/C7H12BrNO/c1-10-9-7-5-3-2-4-6(7)8/h6H,2-5H2,1H3. The molecule has 0 spiro atoms. The minimum absolute atomic E-state index is 0.459. The lowest BCUT2D eigenvalue weighted by atomic mass is 9.99. The Morgan fingerprint density at radius 1 is 1.60 bits per heavy atom. The highest BCUT2D eigenvalue weighted by molar-refractivity contribution is 9.10. The minimum atomic E-state index is 0.459. The molecule has 0 aromatic carbocycles. The second-order valence-corrected chi connectivity index (χ2v) is 3.58. The van der Waals surface area contributed by atoms with Gasteiger partial charge in [0.05, 0.1) is 10.5 Å². The van der Waals surface area contributed by atoms with E-state index in [0.29, 0.717) is 4.83 Å². The molecular formula is C7H12BrNO. The lowest BCUT2D eigenvalue weighted by Crippen LogP contribution is -2.18. The molecule has 0 amide bonds. The van der Waals surface area contributed by atoms with Crippen molar-refractivity contribution in [1.29, 1.82) is 0 Å². The van der Waals surface area contributed by atoms with Crippen LogP contribution in [0.15, 0.2) is 5.16 Å². The molecule has 0 aromatic rings. The van der Waals surface area contributed by atoms with Crippen molar-refractivity contribution < 1.29 is 4.84 Å². The van der Waals surface area contributed by atoms with Crippen LogP contribution in [-0.4, -0.2) is 17.6 Å². The average Bonchev–Trinajstić information content (AvgIpc) is 1.94. The molecular weight excluding hydrogens is 194 g/mol. The highest BCUT2D eigenvalue weighted by atomic mass is 79.9. The maximum Gasteiger partial charge on any atom is 0.106 e. The van der Waals surface area contributed by atoms with Crippen LogP contribution in [0, 0.1) is 0 Å². The second kappa shape index (κ2) is 3.96. The number of hydrogen-bond donors (Lipinski definition) is 0. The Hall–Kier alpha value is -0.0500. The molecule has 2 nitrogen and oxygen atoms in total. The van der Waals surface area contributed by atoms with Crippen molar-refractivity contribution in [3.05, 3.63) is 0 Å². The van der Waals surface area contributed by atoms with Gasteiger partial charge in [-0.15, -0.1) is 0 Å². The summed E-state index contributed by atoms with van der Waals surface area (Å²) in [6, 6.07) is 0. The Labute approximate surface area is 69.8 Å². The van der Waals surface area contributed by atoms with E-state index in [4.69, 9.17) is 4.84 Å². The van der Waals surface area contributed by atoms with E-state index in [-0.39, 0.29) is 0 Å². The molecule has 58 valence electrons. The normalized spacial score (nSPS) is 30.6. The van der Waals surface area contributed by atoms with Gasteiger partial charge < -0.3 is 4.84 Å². The predicted molar refractivity (Wildman–Crippen MR) is 45.6 cm³/mol. The van der Waals surface area contributed by atoms with E-state index < -0.39 is 0 Å². The smallest absolute Gasteiger partial charge is 0.106 e. The van der Waals surface area contributed by atoms with E-state index in [0.717, 1.165) is 12.1 Å². The molecule has 3 heteroatoms. The van der Waals surface area contributed by atoms with Crippen molar-refractivity contribution >= 4 is 21.6 Å². The Morgan fingerprint density at radius 2 is 2.40 bits per heavy atom. The maximum absolute atomic E-state index is 4.71. The summed E-state index contributed by atoms with van der Waals surface area (Å²) >= 11 is 3.54. The van der Waals surface area contributed by atoms with Crippen LogP contribution >= 0.6 is 15.9 Å². The number of halogens is 1. The molecule has 10 heavy (non-hydrogen) atoms. The zero-order chi connectivity index (χ0) is 7.40. The van der Waals surface area contributed by atoms with Gasteiger partial charge in [-0.3, -0.25) is 0 Å². The van der Waals surface area contributed by atoms with Crippen LogP contribution < -0.4 is 0 Å². The molecule has 0 aromatic heterocycles. The van der Waals surface area contributed by atoms with Crippen molar-refractivity contribution in [1.82, 2.24) is 0 Å². The number of oxime groups is 1. The maximum atomic E-state index is 4.71. The van der Waals surface area contributed by atoms with Crippen molar-refractivity contribution in [3.63, 3.8) is 0 Å². The summed E-state index contributed by atoms with van der Waals surface area (Å²) in [5, 5.41) is 3.93. The lowest BCUT2D eigenvalue weighted by molar-refractivity contribution is 0.211. The van der Waals surface area contributed by atoms with E-state index in [1.54, 1.807) is 7.11 Å². The Bertz CT molecular complexity index is 136. The molecule has 1 aliphatic rings. The highest BCUT2D eigenvalue weighted by Crippen LogP contribution is 2.21. The van der Waals surface area contributed by atoms with Gasteiger partial charge in [0, 0.05) is 0 Å². The minimum Gasteiger partial charge on any atom is -0.399 e. The van der Waals surface area contributed by atoms with Crippen molar-refractivity contribution in [2.24, 2.45) is 5.16 Å². The molecule has 0 N–H and O–H groups in total. The van der Waals surface area contributed by atoms with Crippen LogP contribution in [0.5, 0.6) is 0 Å². The summed E-state index contributed by atoms with van der Waals surface area (Å²) in [6.45, 7) is 0. The summed E-state index contributed by atoms with van der Waals surface area (Å²) in [5.41, 5.74) is 1.16. The van der Waals surface area contributed by atoms with Crippen LogP contribution in [0.1, 0.15) is 25.7 Å². The van der Waals surface area contributed by atoms with Crippen LogP contribution in [0.2, 0.25) is 0 Å². The molecule has 1 saturated carbocycles. The third kappa shape index (κ3) is 1.97. The first-order valence-electron chi connectivity index (χ1n) is 3.58. The quantitative estimate of drug-likeness (QED) is 0.476. The molecule has 0 radical (unpaired) electrons. The van der Waals surface area contributed by atoms with E-state index in [2.05, 4.69) is 21.1 Å². The monoisotopic (exact) mass is 205 g/mol. The number of alkyl halides is 1. The second-order valence-electron chi connectivity index (χ2n) is 2.48. The Morgan fingerprint density at radius 3 is 3.00 bits per heavy atom. The van der Waals surface area contributed by atoms with E-state index in [1.807, 2.05) is 0 Å². The average molecular weight is 206 g/mol. The summed E-state index contributed by atoms with van der Waals surface area (Å²) in [4.78, 5) is 5.17. The molecule has 1 aliphatic carbocycles. The fourth-order valence-electron chi connectivity index (χ4n) is 1.17. The van der Waals surface area contributed by atoms with Gasteiger partial charge in [-0.05, 0) is 19.3 Å². The fourth-order valence-corrected chi connectivity index (χ4v) is 1.81. The van der Waals surface area contributed by atoms with E-state index in [9.17, 15) is 0 Å². The summed E-state index contributed by atoms with van der Waals surface area (Å²) in [5.74, 6) is 0. The number of hydrogen-bond acceptors (Lipinski definition) is 2. The molecule has 0 heterocycles. The van der Waals surface area contributed by atoms with E-state index >= 15 is 0 Å². The zero-order valence-corrected chi connectivity index (χ0v) is 7.73. The van der Waals surface area contributed by atoms with Gasteiger partial charge in [-0.1, -0.05) is 27.5 Å². The van der Waals surface area contributed by atoms with E-state index in [1.165, 1.54) is 19.3 Å². The largest absolute Gasteiger partial charge is 0.399 e. The van der Waals surface area contributed by atoms with Crippen molar-refractivity contribution in [2.75, 3.05) is 7.11 Å². The highest BCUT2D eigenvalue weighted by Gasteiger charge is 2.17. The molecule has 1 atom stereocenters. The first-order valence-corrected chi connectivity index (χ1v) is 4.50. The molecule has 0 bridgehead atoms. The number of nitrogens with zero attached hydrogens (tertiary/aromatic N) is 1. The van der Waals surface area contributed by atoms with Crippen molar-refractivity contribution in [3.8, 4) is 0 Å². The summed E-state index contributed by atoms with van der Waals surface area (Å²) < 4.78 is 0. The molecule has 1 fully saturated rings. The topological polar surface area (TPSA) is 21.6 Å². The Balaban J connectivity index is 2.47. The first-order chi connectivity index (χ1) is 4.84. The van der Waals surface area contributed by atoms with Crippen LogP contribution in [0.4, 0.5) is 0 Å². The van der Waals surface area contributed by atoms with Crippen LogP contribution in [0.3, 0.4) is 0 Å².